The fourth-order valence-corrected chi connectivity index (χ4v) is 4.97. The first-order valence-corrected chi connectivity index (χ1v) is 12.9. The van der Waals surface area contributed by atoms with E-state index in [0.29, 0.717) is 11.3 Å². The number of carbonyl (C=O) groups is 1. The van der Waals surface area contributed by atoms with E-state index in [1.165, 1.54) is 13.2 Å². The number of ether oxygens (including phenoxy) is 6. The van der Waals surface area contributed by atoms with Crippen LogP contribution in [0, 0.1) is 0 Å². The van der Waals surface area contributed by atoms with Gasteiger partial charge in [0.15, 0.2) is 12.1 Å². The molecule has 2 aromatic carbocycles. The van der Waals surface area contributed by atoms with Gasteiger partial charge in [0, 0.05) is 12.1 Å². The van der Waals surface area contributed by atoms with E-state index in [-0.39, 0.29) is 29.3 Å². The van der Waals surface area contributed by atoms with Crippen molar-refractivity contribution in [2.24, 2.45) is 0 Å². The van der Waals surface area contributed by atoms with Gasteiger partial charge in [0.2, 0.25) is 6.29 Å². The van der Waals surface area contributed by atoms with E-state index in [1.54, 1.807) is 24.3 Å². The Labute approximate surface area is 233 Å². The normalized spacial score (nSPS) is 35.0. The number of ketones is 1. The summed E-state index contributed by atoms with van der Waals surface area (Å²) in [6.07, 6.45) is -14.0. The van der Waals surface area contributed by atoms with Gasteiger partial charge in [-0.05, 0) is 17.7 Å². The molecule has 3 aliphatic rings. The zero-order valence-corrected chi connectivity index (χ0v) is 21.8. The van der Waals surface area contributed by atoms with E-state index < -0.39 is 80.4 Å². The molecule has 0 saturated carbocycles. The van der Waals surface area contributed by atoms with Crippen LogP contribution >= 0.6 is 0 Å². The Morgan fingerprint density at radius 2 is 1.51 bits per heavy atom. The van der Waals surface area contributed by atoms with Crippen molar-refractivity contribution in [3.63, 3.8) is 0 Å². The molecule has 3 heterocycles. The van der Waals surface area contributed by atoms with Crippen molar-refractivity contribution in [2.75, 3.05) is 20.3 Å². The van der Waals surface area contributed by atoms with E-state index in [0.717, 1.165) is 6.07 Å². The number of methoxy groups -OCH3 is 1. The van der Waals surface area contributed by atoms with Crippen molar-refractivity contribution < 1.29 is 69.0 Å². The molecule has 10 atom stereocenters. The maximum atomic E-state index is 12.8. The van der Waals surface area contributed by atoms with Gasteiger partial charge in [0.05, 0.1) is 26.7 Å². The molecule has 2 fully saturated rings. The third-order valence-electron chi connectivity index (χ3n) is 7.31. The minimum Gasteiger partial charge on any atom is -0.507 e. The predicted octanol–water partition coefficient (Wildman–Crippen LogP) is -1.25. The van der Waals surface area contributed by atoms with Crippen LogP contribution in [0.4, 0.5) is 0 Å². The number of carbonyl (C=O) groups excluding carboxylic acids is 1. The Morgan fingerprint density at radius 1 is 0.854 bits per heavy atom. The van der Waals surface area contributed by atoms with Gasteiger partial charge in [-0.1, -0.05) is 12.1 Å². The number of hydrogen-bond acceptors (Lipinski definition) is 14. The standard InChI is InChI=1S/C27H32O14/c1-36-12-4-2-11(3-5-12)16-8-15(30)20-14(29)6-13(7-17(20)39-16)38-27-25(35)23(33)22(32)19(41-27)10-37-26-24(34)21(31)18(9-28)40-26/h2-7,16,18-19,21-29,31-35H,8-10H2,1H3/t16-,18-,19+,21-,22+,23-,24+,25+,26+,27+/m0/s1. The Kier molecular flexibility index (Phi) is 8.65. The molecule has 0 aromatic heterocycles. The Bertz CT molecular complexity index is 1220. The van der Waals surface area contributed by atoms with Crippen molar-refractivity contribution in [1.29, 1.82) is 0 Å². The van der Waals surface area contributed by atoms with E-state index in [1.807, 2.05) is 0 Å². The molecule has 3 aliphatic heterocycles. The number of rotatable bonds is 8. The van der Waals surface area contributed by atoms with Crippen LogP contribution in [0.15, 0.2) is 36.4 Å². The number of phenols is 1. The van der Waals surface area contributed by atoms with Gasteiger partial charge >= 0.3 is 0 Å². The molecule has 0 amide bonds. The summed E-state index contributed by atoms with van der Waals surface area (Å²) in [5.41, 5.74) is 0.670. The first kappa shape index (κ1) is 29.4. The number of fused-ring (bicyclic) bond motifs is 1. The lowest BCUT2D eigenvalue weighted by Crippen LogP contribution is -2.60. The minimum atomic E-state index is -1.74. The summed E-state index contributed by atoms with van der Waals surface area (Å²) in [6, 6.07) is 9.42. The van der Waals surface area contributed by atoms with Gasteiger partial charge in [-0.25, -0.2) is 0 Å². The van der Waals surface area contributed by atoms with Gasteiger partial charge in [-0.15, -0.1) is 0 Å². The van der Waals surface area contributed by atoms with Crippen LogP contribution in [-0.4, -0.2) is 117 Å². The Morgan fingerprint density at radius 3 is 2.17 bits per heavy atom. The predicted molar refractivity (Wildman–Crippen MR) is 134 cm³/mol. The van der Waals surface area contributed by atoms with Gasteiger partial charge in [-0.2, -0.15) is 0 Å². The third-order valence-corrected chi connectivity index (χ3v) is 7.31. The zero-order chi connectivity index (χ0) is 29.4. The molecule has 0 bridgehead atoms. The molecule has 41 heavy (non-hydrogen) atoms. The number of aliphatic hydroxyl groups is 6. The lowest BCUT2D eigenvalue weighted by Gasteiger charge is -2.40. The maximum absolute atomic E-state index is 12.8. The molecule has 5 rings (SSSR count). The second kappa shape index (κ2) is 12.1. The van der Waals surface area contributed by atoms with Gasteiger partial charge in [0.25, 0.3) is 0 Å². The molecular formula is C27H32O14. The molecule has 2 saturated heterocycles. The fourth-order valence-electron chi connectivity index (χ4n) is 4.97. The third kappa shape index (κ3) is 5.83. The van der Waals surface area contributed by atoms with Crippen LogP contribution in [-0.2, 0) is 14.2 Å². The summed E-state index contributed by atoms with van der Waals surface area (Å²) >= 11 is 0. The van der Waals surface area contributed by atoms with Crippen molar-refractivity contribution in [1.82, 2.24) is 0 Å². The maximum Gasteiger partial charge on any atom is 0.229 e. The van der Waals surface area contributed by atoms with Crippen LogP contribution < -0.4 is 14.2 Å². The number of Topliss-reactive ketones (excluding diaryl/α,β-unsaturated/α-hetero) is 1. The van der Waals surface area contributed by atoms with Crippen LogP contribution in [0.3, 0.4) is 0 Å². The van der Waals surface area contributed by atoms with E-state index >= 15 is 0 Å². The number of aliphatic hydroxyl groups excluding tert-OH is 6. The highest BCUT2D eigenvalue weighted by Crippen LogP contribution is 2.42. The van der Waals surface area contributed by atoms with Gasteiger partial charge in [0.1, 0.15) is 77.4 Å². The number of aromatic hydroxyl groups is 1. The molecule has 2 aromatic rings. The molecule has 14 heteroatoms. The molecule has 0 spiro atoms. The SMILES string of the molecule is COc1ccc([C@@H]2CC(=O)c3c(O)cc(O[C@@H]4O[C@H](CO[C@@H]5O[C@@H](CO)[C@H](O)[C@H]5O)[C@@H](O)[C@H](O)[C@H]4O)cc3O2)cc1. The Hall–Kier alpha value is -3.05. The molecule has 0 aliphatic carbocycles. The highest BCUT2D eigenvalue weighted by Gasteiger charge is 2.47. The van der Waals surface area contributed by atoms with Crippen LogP contribution in [0.5, 0.6) is 23.0 Å². The number of benzene rings is 2. The van der Waals surface area contributed by atoms with Crippen LogP contribution in [0.25, 0.3) is 0 Å². The lowest BCUT2D eigenvalue weighted by atomic mass is 9.95. The molecule has 224 valence electrons. The molecule has 0 radical (unpaired) electrons. The highest BCUT2D eigenvalue weighted by molar-refractivity contribution is 6.02. The average molecular weight is 581 g/mol. The summed E-state index contributed by atoms with van der Waals surface area (Å²) < 4.78 is 33.1. The zero-order valence-electron chi connectivity index (χ0n) is 21.8. The average Bonchev–Trinajstić information content (AvgIpc) is 3.24. The van der Waals surface area contributed by atoms with Crippen LogP contribution in [0.1, 0.15) is 28.4 Å². The van der Waals surface area contributed by atoms with E-state index in [9.17, 15) is 40.5 Å². The Balaban J connectivity index is 1.29. The second-order valence-electron chi connectivity index (χ2n) is 10.00. The summed E-state index contributed by atoms with van der Waals surface area (Å²) in [5, 5.41) is 71.1. The minimum absolute atomic E-state index is 0.0151. The van der Waals surface area contributed by atoms with Crippen molar-refractivity contribution in [3.05, 3.63) is 47.5 Å². The lowest BCUT2D eigenvalue weighted by molar-refractivity contribution is -0.290. The quantitative estimate of drug-likeness (QED) is 0.194. The highest BCUT2D eigenvalue weighted by atomic mass is 16.7. The first-order valence-electron chi connectivity index (χ1n) is 12.9. The topological polar surface area (TPSA) is 214 Å². The number of phenolic OH excluding ortho intramolecular Hbond substituents is 1. The molecule has 14 nitrogen and oxygen atoms in total. The van der Waals surface area contributed by atoms with Gasteiger partial charge in [-0.3, -0.25) is 4.79 Å². The summed E-state index contributed by atoms with van der Waals surface area (Å²) in [7, 11) is 1.53. The van der Waals surface area contributed by atoms with E-state index in [4.69, 9.17) is 28.4 Å². The fraction of sp³-hybridized carbons (Fsp3) is 0.519. The summed E-state index contributed by atoms with van der Waals surface area (Å²) in [5.74, 6) is -0.186. The first-order chi connectivity index (χ1) is 19.6. The van der Waals surface area contributed by atoms with Crippen molar-refractivity contribution in [2.45, 2.75) is 67.8 Å². The van der Waals surface area contributed by atoms with Crippen LogP contribution in [0.2, 0.25) is 0 Å². The summed E-state index contributed by atoms with van der Waals surface area (Å²) in [6.45, 7) is -1.03. The van der Waals surface area contributed by atoms with Gasteiger partial charge < -0.3 is 64.2 Å². The molecule has 0 unspecified atom stereocenters. The molecule has 7 N–H and O–H groups in total. The molecular weight excluding hydrogens is 548 g/mol. The van der Waals surface area contributed by atoms with Crippen molar-refractivity contribution >= 4 is 5.78 Å². The summed E-state index contributed by atoms with van der Waals surface area (Å²) in [4.78, 5) is 12.8. The smallest absolute Gasteiger partial charge is 0.229 e. The van der Waals surface area contributed by atoms with E-state index in [2.05, 4.69) is 0 Å². The largest absolute Gasteiger partial charge is 0.507 e. The monoisotopic (exact) mass is 580 g/mol. The second-order valence-corrected chi connectivity index (χ2v) is 10.00. The number of hydrogen-bond donors (Lipinski definition) is 7. The van der Waals surface area contributed by atoms with Crippen molar-refractivity contribution in [3.8, 4) is 23.0 Å².